The molecule has 2 aromatic heterocycles. The molecule has 10 heteroatoms. The number of rotatable bonds is 4. The summed E-state index contributed by atoms with van der Waals surface area (Å²) in [5.41, 5.74) is 0.907. The van der Waals surface area contributed by atoms with Gasteiger partial charge in [-0.15, -0.1) is 11.3 Å². The highest BCUT2D eigenvalue weighted by molar-refractivity contribution is 7.12. The van der Waals surface area contributed by atoms with Gasteiger partial charge in [-0.05, 0) is 30.7 Å². The molecular weight excluding hydrogens is 443 g/mol. The van der Waals surface area contributed by atoms with Crippen LogP contribution in [0.1, 0.15) is 39.3 Å². The number of thiophene rings is 1. The van der Waals surface area contributed by atoms with Gasteiger partial charge in [0.1, 0.15) is 16.5 Å². The van der Waals surface area contributed by atoms with Crippen molar-refractivity contribution >= 4 is 45.6 Å². The van der Waals surface area contributed by atoms with Gasteiger partial charge in [0.25, 0.3) is 5.91 Å². The Hall–Kier alpha value is -3.14. The number of nitrogens with zero attached hydrogens (tertiary/aromatic N) is 2. The van der Waals surface area contributed by atoms with Crippen LogP contribution in [0.15, 0.2) is 35.7 Å². The molecule has 1 amide bonds. The van der Waals surface area contributed by atoms with Gasteiger partial charge in [0, 0.05) is 42.8 Å². The Bertz CT molecular complexity index is 1180. The molecule has 0 saturated carbocycles. The molecule has 1 saturated heterocycles. The maximum absolute atomic E-state index is 13.9. The third-order valence-electron chi connectivity index (χ3n) is 5.27. The minimum Gasteiger partial charge on any atom is -0.465 e. The van der Waals surface area contributed by atoms with Gasteiger partial charge in [-0.25, -0.2) is 22.9 Å². The molecule has 32 heavy (non-hydrogen) atoms. The molecule has 0 atom stereocenters. The Labute approximate surface area is 186 Å². The van der Waals surface area contributed by atoms with Crippen LogP contribution >= 0.6 is 11.3 Å². The summed E-state index contributed by atoms with van der Waals surface area (Å²) < 4.78 is 46.2. The van der Waals surface area contributed by atoms with Crippen LogP contribution in [-0.4, -0.2) is 43.0 Å². The van der Waals surface area contributed by atoms with Crippen molar-refractivity contribution < 1.29 is 27.5 Å². The fourth-order valence-electron chi connectivity index (χ4n) is 3.62. The van der Waals surface area contributed by atoms with Gasteiger partial charge in [-0.1, -0.05) is 0 Å². The van der Waals surface area contributed by atoms with Crippen LogP contribution in [0, 0.1) is 5.82 Å². The largest absolute Gasteiger partial charge is 0.465 e. The number of pyridine rings is 1. The van der Waals surface area contributed by atoms with Gasteiger partial charge in [0.15, 0.2) is 0 Å². The van der Waals surface area contributed by atoms with Crippen LogP contribution in [0.5, 0.6) is 0 Å². The number of fused-ring (bicyclic) bond motifs is 1. The third-order valence-corrected chi connectivity index (χ3v) is 6.18. The molecule has 1 aromatic carbocycles. The Morgan fingerprint density at radius 2 is 2.00 bits per heavy atom. The summed E-state index contributed by atoms with van der Waals surface area (Å²) in [6, 6.07) is 7.08. The number of amides is 1. The normalized spacial score (nSPS) is 15.9. The summed E-state index contributed by atoms with van der Waals surface area (Å²) >= 11 is 1.12. The summed E-state index contributed by atoms with van der Waals surface area (Å²) in [5.74, 6) is -4.06. The lowest BCUT2D eigenvalue weighted by atomic mass is 10.1. The number of aromatic nitrogens is 1. The zero-order chi connectivity index (χ0) is 22.9. The fraction of sp³-hybridized carbons (Fsp3) is 0.318. The molecule has 168 valence electrons. The van der Waals surface area contributed by atoms with E-state index in [0.717, 1.165) is 11.3 Å². The van der Waals surface area contributed by atoms with Crippen molar-refractivity contribution in [1.29, 1.82) is 0 Å². The number of carbonyl (C=O) groups is 2. The predicted octanol–water partition coefficient (Wildman–Crippen LogP) is 5.10. The zero-order valence-corrected chi connectivity index (χ0v) is 18.0. The van der Waals surface area contributed by atoms with E-state index in [2.05, 4.69) is 15.0 Å². The van der Waals surface area contributed by atoms with Gasteiger partial charge >= 0.3 is 5.97 Å². The minimum atomic E-state index is -2.78. The summed E-state index contributed by atoms with van der Waals surface area (Å²) in [6.07, 6.45) is -0.355. The van der Waals surface area contributed by atoms with Crippen LogP contribution in [0.2, 0.25) is 0 Å². The number of hydrogen-bond acceptors (Lipinski definition) is 6. The van der Waals surface area contributed by atoms with E-state index < -0.39 is 23.6 Å². The van der Waals surface area contributed by atoms with E-state index in [4.69, 9.17) is 0 Å². The molecular formula is C22H20F3N3O3S. The highest BCUT2D eigenvalue weighted by Crippen LogP contribution is 2.32. The quantitative estimate of drug-likeness (QED) is 0.545. The molecule has 1 aliphatic rings. The molecule has 0 bridgehead atoms. The minimum absolute atomic E-state index is 0.0199. The molecule has 0 radical (unpaired) electrons. The van der Waals surface area contributed by atoms with Gasteiger partial charge in [-0.3, -0.25) is 4.79 Å². The summed E-state index contributed by atoms with van der Waals surface area (Å²) in [5, 5.41) is 4.86. The smallest absolute Gasteiger partial charge is 0.348 e. The molecule has 3 heterocycles. The molecule has 6 nitrogen and oxygen atoms in total. The second-order valence-electron chi connectivity index (χ2n) is 7.54. The third kappa shape index (κ3) is 4.69. The number of alkyl halides is 2. The lowest BCUT2D eigenvalue weighted by Gasteiger charge is -2.24. The molecule has 0 unspecified atom stereocenters. The van der Waals surface area contributed by atoms with Crippen molar-refractivity contribution in [3.63, 3.8) is 0 Å². The topological polar surface area (TPSA) is 71.5 Å². The van der Waals surface area contributed by atoms with Crippen LogP contribution in [0.4, 0.5) is 24.7 Å². The number of ether oxygens (including phenoxy) is 1. The van der Waals surface area contributed by atoms with Crippen molar-refractivity contribution in [1.82, 2.24) is 4.98 Å². The Morgan fingerprint density at radius 3 is 2.78 bits per heavy atom. The monoisotopic (exact) mass is 463 g/mol. The van der Waals surface area contributed by atoms with Crippen LogP contribution in [-0.2, 0) is 4.74 Å². The van der Waals surface area contributed by atoms with Crippen molar-refractivity contribution in [2.45, 2.75) is 25.2 Å². The summed E-state index contributed by atoms with van der Waals surface area (Å²) in [6.45, 7) is 0.320. The highest BCUT2D eigenvalue weighted by atomic mass is 32.1. The first kappa shape index (κ1) is 22.1. The summed E-state index contributed by atoms with van der Waals surface area (Å²) in [4.78, 5) is 31.2. The van der Waals surface area contributed by atoms with Crippen molar-refractivity contribution in [3.8, 4) is 0 Å². The van der Waals surface area contributed by atoms with E-state index in [1.165, 1.54) is 31.4 Å². The Kier molecular flexibility index (Phi) is 6.05. The second kappa shape index (κ2) is 8.78. The average molecular weight is 463 g/mol. The van der Waals surface area contributed by atoms with Crippen LogP contribution in [0.3, 0.4) is 0 Å². The molecule has 3 aromatic rings. The SMILES string of the molecule is COC(=O)c1cc(NC(=O)c2cc3ccc(F)cc3nc2N2CCCC(F)(F)CC2)cs1. The standard InChI is InChI=1S/C22H20F3N3O3S/c1-31-21(30)18-11-15(12-32-18)26-20(29)16-9-13-3-4-14(23)10-17(13)27-19(16)28-7-2-5-22(24,25)6-8-28/h3-4,9-12H,2,5-8H2,1H3,(H,26,29). The summed E-state index contributed by atoms with van der Waals surface area (Å²) in [7, 11) is 1.26. The maximum atomic E-state index is 13.9. The second-order valence-corrected chi connectivity index (χ2v) is 8.45. The van der Waals surface area contributed by atoms with E-state index in [-0.39, 0.29) is 37.2 Å². The lowest BCUT2D eigenvalue weighted by molar-refractivity contribution is -0.0102. The first-order valence-corrected chi connectivity index (χ1v) is 10.8. The van der Waals surface area contributed by atoms with Gasteiger partial charge in [0.05, 0.1) is 23.9 Å². The van der Waals surface area contributed by atoms with E-state index in [1.807, 2.05) is 0 Å². The first-order valence-electron chi connectivity index (χ1n) is 9.97. The Morgan fingerprint density at radius 1 is 1.19 bits per heavy atom. The fourth-order valence-corrected chi connectivity index (χ4v) is 4.38. The number of anilines is 2. The van der Waals surface area contributed by atoms with E-state index >= 15 is 0 Å². The number of hydrogen-bond donors (Lipinski definition) is 1. The number of esters is 1. The molecule has 0 aliphatic carbocycles. The average Bonchev–Trinajstić information content (AvgIpc) is 3.14. The lowest BCUT2D eigenvalue weighted by Crippen LogP contribution is -2.29. The van der Waals surface area contributed by atoms with E-state index in [1.54, 1.807) is 16.3 Å². The van der Waals surface area contributed by atoms with Crippen LogP contribution in [0.25, 0.3) is 10.9 Å². The number of carbonyl (C=O) groups excluding carboxylic acids is 2. The molecule has 4 rings (SSSR count). The number of methoxy groups -OCH3 is 1. The number of benzene rings is 1. The zero-order valence-electron chi connectivity index (χ0n) is 17.2. The van der Waals surface area contributed by atoms with E-state index in [9.17, 15) is 22.8 Å². The highest BCUT2D eigenvalue weighted by Gasteiger charge is 2.33. The molecule has 1 fully saturated rings. The molecule has 1 aliphatic heterocycles. The number of halogens is 3. The predicted molar refractivity (Wildman–Crippen MR) is 116 cm³/mol. The van der Waals surface area contributed by atoms with Gasteiger partial charge < -0.3 is 15.0 Å². The van der Waals surface area contributed by atoms with Crippen molar-refractivity contribution in [3.05, 3.63) is 52.0 Å². The van der Waals surface area contributed by atoms with Gasteiger partial charge in [-0.2, -0.15) is 0 Å². The first-order chi connectivity index (χ1) is 15.3. The molecule has 0 spiro atoms. The van der Waals surface area contributed by atoms with Gasteiger partial charge in [0.2, 0.25) is 5.92 Å². The van der Waals surface area contributed by atoms with Crippen LogP contribution < -0.4 is 10.2 Å². The number of nitrogens with one attached hydrogen (secondary N) is 1. The maximum Gasteiger partial charge on any atom is 0.348 e. The van der Waals surface area contributed by atoms with Crippen molar-refractivity contribution in [2.24, 2.45) is 0 Å². The van der Waals surface area contributed by atoms with E-state index in [0.29, 0.717) is 28.0 Å². The Balaban J connectivity index is 1.70. The van der Waals surface area contributed by atoms with Crippen molar-refractivity contribution in [2.75, 3.05) is 30.4 Å². The molecule has 1 N–H and O–H groups in total.